The number of hydrogen-bond acceptors (Lipinski definition) is 7. The standard InChI is InChI=1S/C28H35N7O2/c1-7-26-31-16-20(35(26)5)17-34(4)28(36)22-15-25(32-23-9-8-18(2)12-21(22)23)24-13-19(30-11-10-29-3)14-27(33-24)37-6/h8-9,12-16,29H,7,10-11,17H2,1-6H3,(H,30,33). The minimum atomic E-state index is -0.0891. The number of benzene rings is 1. The number of amides is 1. The largest absolute Gasteiger partial charge is 0.481 e. The second-order valence-corrected chi connectivity index (χ2v) is 9.13. The normalized spacial score (nSPS) is 11.1. The molecule has 0 spiro atoms. The third-order valence-corrected chi connectivity index (χ3v) is 6.41. The minimum absolute atomic E-state index is 0.0891. The Labute approximate surface area is 217 Å². The molecule has 3 aromatic heterocycles. The van der Waals surface area contributed by atoms with Gasteiger partial charge in [-0.05, 0) is 38.2 Å². The number of pyridine rings is 2. The highest BCUT2D eigenvalue weighted by Gasteiger charge is 2.20. The molecule has 9 nitrogen and oxygen atoms in total. The van der Waals surface area contributed by atoms with E-state index >= 15 is 0 Å². The van der Waals surface area contributed by atoms with E-state index in [0.29, 0.717) is 29.4 Å². The predicted octanol–water partition coefficient (Wildman–Crippen LogP) is 3.81. The molecular weight excluding hydrogens is 466 g/mol. The molecule has 0 aliphatic heterocycles. The zero-order chi connectivity index (χ0) is 26.5. The third kappa shape index (κ3) is 5.72. The number of hydrogen-bond donors (Lipinski definition) is 2. The number of methoxy groups -OCH3 is 1. The summed E-state index contributed by atoms with van der Waals surface area (Å²) in [4.78, 5) is 29.5. The molecule has 4 rings (SSSR count). The van der Waals surface area contributed by atoms with Crippen LogP contribution in [0, 0.1) is 6.92 Å². The molecule has 0 atom stereocenters. The fourth-order valence-corrected chi connectivity index (χ4v) is 4.31. The SMILES string of the molecule is CCc1ncc(CN(C)C(=O)c2cc(-c3cc(NCCNC)cc(OC)n3)nc3ccc(C)cc23)n1C. The van der Waals surface area contributed by atoms with Gasteiger partial charge >= 0.3 is 0 Å². The summed E-state index contributed by atoms with van der Waals surface area (Å²) in [7, 11) is 7.30. The molecule has 0 aliphatic rings. The predicted molar refractivity (Wildman–Crippen MR) is 147 cm³/mol. The van der Waals surface area contributed by atoms with Crippen LogP contribution in [0.2, 0.25) is 0 Å². The number of nitrogens with one attached hydrogen (secondary N) is 2. The average Bonchev–Trinajstić information content (AvgIpc) is 3.26. The fraction of sp³-hybridized carbons (Fsp3) is 0.357. The van der Waals surface area contributed by atoms with Crippen LogP contribution in [0.25, 0.3) is 22.3 Å². The summed E-state index contributed by atoms with van der Waals surface area (Å²) in [6.45, 7) is 6.09. The van der Waals surface area contributed by atoms with Gasteiger partial charge in [-0.15, -0.1) is 0 Å². The topological polar surface area (TPSA) is 97.2 Å². The molecule has 1 amide bonds. The molecule has 0 saturated heterocycles. The molecule has 4 aromatic rings. The van der Waals surface area contributed by atoms with Crippen LogP contribution in [0.15, 0.2) is 42.6 Å². The summed E-state index contributed by atoms with van der Waals surface area (Å²) in [6, 6.07) is 11.6. The number of anilines is 1. The molecule has 37 heavy (non-hydrogen) atoms. The summed E-state index contributed by atoms with van der Waals surface area (Å²) in [6.07, 6.45) is 2.68. The van der Waals surface area contributed by atoms with E-state index in [9.17, 15) is 4.79 Å². The number of aryl methyl sites for hydroxylation is 2. The quantitative estimate of drug-likeness (QED) is 0.319. The lowest BCUT2D eigenvalue weighted by atomic mass is 10.0. The molecule has 2 N–H and O–H groups in total. The number of imidazole rings is 1. The van der Waals surface area contributed by atoms with Crippen LogP contribution in [0.5, 0.6) is 5.88 Å². The zero-order valence-corrected chi connectivity index (χ0v) is 22.4. The maximum Gasteiger partial charge on any atom is 0.254 e. The molecule has 0 fully saturated rings. The van der Waals surface area contributed by atoms with Gasteiger partial charge in [-0.2, -0.15) is 0 Å². The Bertz CT molecular complexity index is 1410. The number of rotatable bonds is 10. The second-order valence-electron chi connectivity index (χ2n) is 9.13. The van der Waals surface area contributed by atoms with E-state index in [1.165, 1.54) is 0 Å². The first-order valence-corrected chi connectivity index (χ1v) is 12.5. The summed E-state index contributed by atoms with van der Waals surface area (Å²) >= 11 is 0. The molecular formula is C28H35N7O2. The lowest BCUT2D eigenvalue weighted by Gasteiger charge is -2.19. The van der Waals surface area contributed by atoms with Crippen molar-refractivity contribution < 1.29 is 9.53 Å². The first-order chi connectivity index (χ1) is 17.8. The lowest BCUT2D eigenvalue weighted by molar-refractivity contribution is 0.0784. The smallest absolute Gasteiger partial charge is 0.254 e. The maximum atomic E-state index is 13.8. The molecule has 0 unspecified atom stereocenters. The molecule has 3 heterocycles. The number of aromatic nitrogens is 4. The lowest BCUT2D eigenvalue weighted by Crippen LogP contribution is -2.27. The van der Waals surface area contributed by atoms with Gasteiger partial charge in [-0.3, -0.25) is 4.79 Å². The first-order valence-electron chi connectivity index (χ1n) is 12.5. The van der Waals surface area contributed by atoms with Crippen LogP contribution < -0.4 is 15.4 Å². The minimum Gasteiger partial charge on any atom is -0.481 e. The van der Waals surface area contributed by atoms with Crippen LogP contribution in [0.3, 0.4) is 0 Å². The Balaban J connectivity index is 1.76. The van der Waals surface area contributed by atoms with Crippen molar-refractivity contribution in [1.82, 2.24) is 29.7 Å². The van der Waals surface area contributed by atoms with Gasteiger partial charge in [-0.25, -0.2) is 15.0 Å². The van der Waals surface area contributed by atoms with E-state index in [-0.39, 0.29) is 5.91 Å². The number of carbonyl (C=O) groups excluding carboxylic acids is 1. The van der Waals surface area contributed by atoms with Gasteiger partial charge in [0.05, 0.1) is 48.0 Å². The van der Waals surface area contributed by atoms with E-state index in [4.69, 9.17) is 9.72 Å². The van der Waals surface area contributed by atoms with Crippen molar-refractivity contribution in [2.24, 2.45) is 7.05 Å². The molecule has 0 saturated carbocycles. The van der Waals surface area contributed by atoms with Crippen molar-refractivity contribution in [3.05, 3.63) is 65.2 Å². The van der Waals surface area contributed by atoms with Crippen LogP contribution in [0.1, 0.15) is 34.4 Å². The summed E-state index contributed by atoms with van der Waals surface area (Å²) in [5, 5.41) is 7.32. The van der Waals surface area contributed by atoms with E-state index in [2.05, 4.69) is 27.5 Å². The highest BCUT2D eigenvalue weighted by atomic mass is 16.5. The maximum absolute atomic E-state index is 13.8. The van der Waals surface area contributed by atoms with Gasteiger partial charge in [0.15, 0.2) is 0 Å². The summed E-state index contributed by atoms with van der Waals surface area (Å²) in [5.41, 5.74) is 5.47. The first kappa shape index (κ1) is 26.1. The Morgan fingerprint density at radius 1 is 1.11 bits per heavy atom. The van der Waals surface area contributed by atoms with E-state index in [1.807, 2.05) is 75.2 Å². The highest BCUT2D eigenvalue weighted by molar-refractivity contribution is 6.07. The van der Waals surface area contributed by atoms with Crippen molar-refractivity contribution in [3.63, 3.8) is 0 Å². The Morgan fingerprint density at radius 3 is 2.59 bits per heavy atom. The zero-order valence-electron chi connectivity index (χ0n) is 22.4. The second kappa shape index (κ2) is 11.4. The van der Waals surface area contributed by atoms with Crippen LogP contribution in [0.4, 0.5) is 5.69 Å². The number of likely N-dealkylation sites (N-methyl/N-ethyl adjacent to an activating group) is 1. The van der Waals surface area contributed by atoms with Crippen molar-refractivity contribution >= 4 is 22.5 Å². The van der Waals surface area contributed by atoms with Crippen molar-refractivity contribution in [1.29, 1.82) is 0 Å². The average molecular weight is 502 g/mol. The van der Waals surface area contributed by atoms with Crippen LogP contribution >= 0.6 is 0 Å². The van der Waals surface area contributed by atoms with Crippen molar-refractivity contribution in [3.8, 4) is 17.3 Å². The third-order valence-electron chi connectivity index (χ3n) is 6.41. The van der Waals surface area contributed by atoms with Gasteiger partial charge in [0.25, 0.3) is 5.91 Å². The number of fused-ring (bicyclic) bond motifs is 1. The van der Waals surface area contributed by atoms with E-state index < -0.39 is 0 Å². The Morgan fingerprint density at radius 2 is 1.89 bits per heavy atom. The van der Waals surface area contributed by atoms with E-state index in [0.717, 1.165) is 53.2 Å². The van der Waals surface area contributed by atoms with Gasteiger partial charge in [0.2, 0.25) is 5.88 Å². The van der Waals surface area contributed by atoms with Gasteiger partial charge < -0.3 is 24.8 Å². The van der Waals surface area contributed by atoms with Gasteiger partial charge in [-0.1, -0.05) is 18.6 Å². The molecule has 9 heteroatoms. The monoisotopic (exact) mass is 501 g/mol. The van der Waals surface area contributed by atoms with Crippen molar-refractivity contribution in [2.45, 2.75) is 26.8 Å². The van der Waals surface area contributed by atoms with Crippen molar-refractivity contribution in [2.75, 3.05) is 39.6 Å². The van der Waals surface area contributed by atoms with Crippen LogP contribution in [-0.2, 0) is 20.0 Å². The molecule has 194 valence electrons. The Kier molecular flexibility index (Phi) is 8.03. The van der Waals surface area contributed by atoms with E-state index in [1.54, 1.807) is 12.0 Å². The van der Waals surface area contributed by atoms with Gasteiger partial charge in [0.1, 0.15) is 5.82 Å². The highest BCUT2D eigenvalue weighted by Crippen LogP contribution is 2.29. The summed E-state index contributed by atoms with van der Waals surface area (Å²) < 4.78 is 7.50. The Hall–Kier alpha value is -3.98. The number of nitrogens with zero attached hydrogens (tertiary/aromatic N) is 5. The summed E-state index contributed by atoms with van der Waals surface area (Å²) in [5.74, 6) is 1.38. The fourth-order valence-electron chi connectivity index (χ4n) is 4.31. The molecule has 0 radical (unpaired) electrons. The van der Waals surface area contributed by atoms with Gasteiger partial charge in [0, 0.05) is 50.7 Å². The number of carbonyl (C=O) groups is 1. The molecule has 0 aliphatic carbocycles. The number of ether oxygens (including phenoxy) is 1. The molecule has 1 aromatic carbocycles. The van der Waals surface area contributed by atoms with Crippen LogP contribution in [-0.4, -0.2) is 64.6 Å². The molecule has 0 bridgehead atoms.